The van der Waals surface area contributed by atoms with Crippen LogP contribution in [0.2, 0.25) is 0 Å². The van der Waals surface area contributed by atoms with Crippen LogP contribution in [-0.2, 0) is 13.0 Å². The molecule has 2 aliphatic heterocycles. The third kappa shape index (κ3) is 2.62. The van der Waals surface area contributed by atoms with Crippen molar-refractivity contribution in [3.8, 4) is 0 Å². The number of amides is 3. The van der Waals surface area contributed by atoms with Crippen molar-refractivity contribution in [2.75, 3.05) is 13.1 Å². The Balaban J connectivity index is 1.59. The minimum Gasteiger partial charge on any atom is -0.365 e. The number of benzene rings is 1. The van der Waals surface area contributed by atoms with Crippen molar-refractivity contribution in [1.82, 2.24) is 14.8 Å². The molecular weight excluding hydrogens is 330 g/mol. The van der Waals surface area contributed by atoms with Crippen molar-refractivity contribution in [2.24, 2.45) is 5.92 Å². The van der Waals surface area contributed by atoms with Gasteiger partial charge in [0.15, 0.2) is 0 Å². The zero-order valence-electron chi connectivity index (χ0n) is 14.9. The lowest BCUT2D eigenvalue weighted by Gasteiger charge is -2.27. The first-order chi connectivity index (χ1) is 12.5. The van der Waals surface area contributed by atoms with Gasteiger partial charge in [-0.05, 0) is 35.7 Å². The standard InChI is InChI=1S/C20H21N3O3/c1-12(2)10-23-19(25)15-4-3-13(9-16(15)20(23)26)18(24)22-8-6-17-14(11-22)5-7-21-17/h3-5,7,9,12,21H,6,8,10-11H2,1-2H3. The Bertz CT molecular complexity index is 913. The Hall–Kier alpha value is -2.89. The quantitative estimate of drug-likeness (QED) is 0.864. The van der Waals surface area contributed by atoms with Crippen molar-refractivity contribution in [3.05, 3.63) is 58.4 Å². The van der Waals surface area contributed by atoms with Crippen LogP contribution >= 0.6 is 0 Å². The van der Waals surface area contributed by atoms with Crippen molar-refractivity contribution < 1.29 is 14.4 Å². The molecule has 3 amide bonds. The van der Waals surface area contributed by atoms with Gasteiger partial charge in [-0.15, -0.1) is 0 Å². The highest BCUT2D eigenvalue weighted by atomic mass is 16.2. The van der Waals surface area contributed by atoms with Gasteiger partial charge in [-0.25, -0.2) is 0 Å². The van der Waals surface area contributed by atoms with E-state index in [0.717, 1.165) is 12.0 Å². The molecule has 0 atom stereocenters. The average molecular weight is 351 g/mol. The summed E-state index contributed by atoms with van der Waals surface area (Å²) in [7, 11) is 0. The van der Waals surface area contributed by atoms with Crippen molar-refractivity contribution in [2.45, 2.75) is 26.8 Å². The highest BCUT2D eigenvalue weighted by Crippen LogP contribution is 2.26. The molecule has 1 aromatic carbocycles. The molecule has 1 N–H and O–H groups in total. The van der Waals surface area contributed by atoms with E-state index in [1.165, 1.54) is 10.6 Å². The highest BCUT2D eigenvalue weighted by Gasteiger charge is 2.36. The van der Waals surface area contributed by atoms with Crippen LogP contribution in [0.3, 0.4) is 0 Å². The molecule has 3 heterocycles. The number of hydrogen-bond donors (Lipinski definition) is 1. The van der Waals surface area contributed by atoms with E-state index in [1.807, 2.05) is 26.1 Å². The monoisotopic (exact) mass is 351 g/mol. The van der Waals surface area contributed by atoms with Crippen molar-refractivity contribution in [1.29, 1.82) is 0 Å². The van der Waals surface area contributed by atoms with Crippen LogP contribution in [0.5, 0.6) is 0 Å². The summed E-state index contributed by atoms with van der Waals surface area (Å²) in [6.45, 7) is 5.50. The molecule has 0 saturated carbocycles. The molecular formula is C20H21N3O3. The topological polar surface area (TPSA) is 73.5 Å². The number of aromatic nitrogens is 1. The van der Waals surface area contributed by atoms with Gasteiger partial charge in [-0.3, -0.25) is 19.3 Å². The summed E-state index contributed by atoms with van der Waals surface area (Å²) in [5, 5.41) is 0. The predicted octanol–water partition coefficient (Wildman–Crippen LogP) is 2.47. The third-order valence-corrected chi connectivity index (χ3v) is 4.98. The van der Waals surface area contributed by atoms with E-state index in [1.54, 1.807) is 23.1 Å². The van der Waals surface area contributed by atoms with Gasteiger partial charge in [-0.1, -0.05) is 13.8 Å². The van der Waals surface area contributed by atoms with Crippen LogP contribution in [0.15, 0.2) is 30.5 Å². The first-order valence-electron chi connectivity index (χ1n) is 8.90. The molecule has 1 aromatic heterocycles. The smallest absolute Gasteiger partial charge is 0.261 e. The Kier molecular flexibility index (Phi) is 3.90. The maximum atomic E-state index is 12.9. The van der Waals surface area contributed by atoms with E-state index in [4.69, 9.17) is 0 Å². The molecule has 0 fully saturated rings. The zero-order valence-corrected chi connectivity index (χ0v) is 14.9. The minimum absolute atomic E-state index is 0.109. The van der Waals surface area contributed by atoms with Gasteiger partial charge in [0.2, 0.25) is 0 Å². The average Bonchev–Trinajstić information content (AvgIpc) is 3.19. The number of aromatic amines is 1. The Morgan fingerprint density at radius 3 is 2.69 bits per heavy atom. The predicted molar refractivity (Wildman–Crippen MR) is 95.9 cm³/mol. The van der Waals surface area contributed by atoms with Gasteiger partial charge >= 0.3 is 0 Å². The summed E-state index contributed by atoms with van der Waals surface area (Å²) in [6.07, 6.45) is 2.68. The highest BCUT2D eigenvalue weighted by molar-refractivity contribution is 6.22. The summed E-state index contributed by atoms with van der Waals surface area (Å²) in [5.74, 6) is -0.489. The molecule has 134 valence electrons. The molecule has 0 spiro atoms. The normalized spacial score (nSPS) is 16.3. The van der Waals surface area contributed by atoms with Crippen LogP contribution in [0.4, 0.5) is 0 Å². The number of hydrogen-bond acceptors (Lipinski definition) is 3. The number of H-pyrrole nitrogens is 1. The fourth-order valence-corrected chi connectivity index (χ4v) is 3.66. The second-order valence-electron chi connectivity index (χ2n) is 7.33. The number of imide groups is 1. The number of fused-ring (bicyclic) bond motifs is 2. The molecule has 2 aliphatic rings. The Morgan fingerprint density at radius 1 is 1.15 bits per heavy atom. The number of nitrogens with one attached hydrogen (secondary N) is 1. The van der Waals surface area contributed by atoms with Crippen LogP contribution in [0.25, 0.3) is 0 Å². The summed E-state index contributed by atoms with van der Waals surface area (Å²) in [6, 6.07) is 6.82. The number of nitrogens with zero attached hydrogens (tertiary/aromatic N) is 2. The molecule has 0 unspecified atom stereocenters. The maximum Gasteiger partial charge on any atom is 0.261 e. The third-order valence-electron chi connectivity index (χ3n) is 4.98. The number of carbonyl (C=O) groups excluding carboxylic acids is 3. The minimum atomic E-state index is -0.306. The molecule has 0 bridgehead atoms. The van der Waals surface area contributed by atoms with E-state index >= 15 is 0 Å². The lowest BCUT2D eigenvalue weighted by atomic mass is 10.0. The molecule has 0 radical (unpaired) electrons. The van der Waals surface area contributed by atoms with Gasteiger partial charge in [0.05, 0.1) is 11.1 Å². The number of carbonyl (C=O) groups is 3. The van der Waals surface area contributed by atoms with Gasteiger partial charge in [0.1, 0.15) is 0 Å². The van der Waals surface area contributed by atoms with Crippen LogP contribution < -0.4 is 0 Å². The summed E-state index contributed by atoms with van der Waals surface area (Å²) < 4.78 is 0. The summed E-state index contributed by atoms with van der Waals surface area (Å²) in [4.78, 5) is 44.2. The van der Waals surface area contributed by atoms with E-state index in [2.05, 4.69) is 4.98 Å². The fraction of sp³-hybridized carbons (Fsp3) is 0.350. The number of rotatable bonds is 3. The zero-order chi connectivity index (χ0) is 18.4. The largest absolute Gasteiger partial charge is 0.365 e. The van der Waals surface area contributed by atoms with E-state index in [0.29, 0.717) is 36.3 Å². The second-order valence-corrected chi connectivity index (χ2v) is 7.33. The molecule has 4 rings (SSSR count). The lowest BCUT2D eigenvalue weighted by molar-refractivity contribution is 0.0635. The molecule has 0 saturated heterocycles. The summed E-state index contributed by atoms with van der Waals surface area (Å²) >= 11 is 0. The van der Waals surface area contributed by atoms with Gasteiger partial charge in [-0.2, -0.15) is 0 Å². The van der Waals surface area contributed by atoms with E-state index in [-0.39, 0.29) is 23.6 Å². The first-order valence-corrected chi connectivity index (χ1v) is 8.90. The van der Waals surface area contributed by atoms with E-state index in [9.17, 15) is 14.4 Å². The van der Waals surface area contributed by atoms with Gasteiger partial charge < -0.3 is 9.88 Å². The van der Waals surface area contributed by atoms with Crippen LogP contribution in [0, 0.1) is 5.92 Å². The SMILES string of the molecule is CC(C)CN1C(=O)c2ccc(C(=O)N3CCc4[nH]ccc4C3)cc2C1=O. The summed E-state index contributed by atoms with van der Waals surface area (Å²) in [5.41, 5.74) is 3.48. The second kappa shape index (κ2) is 6.12. The van der Waals surface area contributed by atoms with Crippen molar-refractivity contribution >= 4 is 17.7 Å². The molecule has 2 aromatic rings. The Labute approximate surface area is 151 Å². The lowest BCUT2D eigenvalue weighted by Crippen LogP contribution is -2.35. The van der Waals surface area contributed by atoms with Crippen molar-refractivity contribution in [3.63, 3.8) is 0 Å². The van der Waals surface area contributed by atoms with Crippen LogP contribution in [0.1, 0.15) is 56.2 Å². The fourth-order valence-electron chi connectivity index (χ4n) is 3.66. The van der Waals surface area contributed by atoms with E-state index < -0.39 is 0 Å². The first kappa shape index (κ1) is 16.6. The Morgan fingerprint density at radius 2 is 1.92 bits per heavy atom. The molecule has 6 nitrogen and oxygen atoms in total. The van der Waals surface area contributed by atoms with Gasteiger partial charge in [0, 0.05) is 43.5 Å². The molecule has 6 heteroatoms. The maximum absolute atomic E-state index is 12.9. The molecule has 26 heavy (non-hydrogen) atoms. The van der Waals surface area contributed by atoms with Crippen LogP contribution in [-0.4, -0.2) is 45.6 Å². The molecule has 0 aliphatic carbocycles. The van der Waals surface area contributed by atoms with Gasteiger partial charge in [0.25, 0.3) is 17.7 Å².